The molecule has 1 aliphatic heterocycles. The van der Waals surface area contributed by atoms with Crippen LogP contribution in [-0.2, 0) is 6.54 Å². The largest absolute Gasteiger partial charge is 0.331 e. The number of hydrogen-bond donors (Lipinski definition) is 1. The lowest BCUT2D eigenvalue weighted by atomic mass is 9.98. The van der Waals surface area contributed by atoms with Gasteiger partial charge in [-0.1, -0.05) is 6.92 Å². The standard InChI is InChI=1S/C9H15N3/c1-6-3-8(10)9-11-4-7(2)12(9)5-6/h4,6,8H,3,5,10H2,1-2H3. The highest BCUT2D eigenvalue weighted by atomic mass is 15.1. The second-order valence-corrected chi connectivity index (χ2v) is 3.82. The van der Waals surface area contributed by atoms with Crippen LogP contribution in [0.3, 0.4) is 0 Å². The Kier molecular flexibility index (Phi) is 1.68. The van der Waals surface area contributed by atoms with Gasteiger partial charge >= 0.3 is 0 Å². The van der Waals surface area contributed by atoms with Crippen molar-refractivity contribution in [2.75, 3.05) is 0 Å². The number of imidazole rings is 1. The highest BCUT2D eigenvalue weighted by molar-refractivity contribution is 5.09. The fraction of sp³-hybridized carbons (Fsp3) is 0.667. The molecule has 2 unspecified atom stereocenters. The number of rotatable bonds is 0. The van der Waals surface area contributed by atoms with Crippen molar-refractivity contribution in [3.8, 4) is 0 Å². The SMILES string of the molecule is Cc1cnc2n1CC(C)CC2N. The van der Waals surface area contributed by atoms with Gasteiger partial charge in [0.1, 0.15) is 5.82 Å². The van der Waals surface area contributed by atoms with Crippen LogP contribution in [0.1, 0.15) is 30.9 Å². The first-order chi connectivity index (χ1) is 5.68. The van der Waals surface area contributed by atoms with E-state index in [1.54, 1.807) is 0 Å². The first kappa shape index (κ1) is 7.80. The van der Waals surface area contributed by atoms with Gasteiger partial charge < -0.3 is 10.3 Å². The van der Waals surface area contributed by atoms with E-state index in [0.717, 1.165) is 18.8 Å². The topological polar surface area (TPSA) is 43.8 Å². The fourth-order valence-electron chi connectivity index (χ4n) is 1.94. The number of nitrogens with two attached hydrogens (primary N) is 1. The van der Waals surface area contributed by atoms with Crippen molar-refractivity contribution in [2.45, 2.75) is 32.9 Å². The first-order valence-electron chi connectivity index (χ1n) is 4.46. The van der Waals surface area contributed by atoms with Crippen LogP contribution >= 0.6 is 0 Å². The molecule has 1 aliphatic rings. The molecular weight excluding hydrogens is 150 g/mol. The van der Waals surface area contributed by atoms with Gasteiger partial charge in [0, 0.05) is 18.4 Å². The molecule has 0 aliphatic carbocycles. The van der Waals surface area contributed by atoms with E-state index in [9.17, 15) is 0 Å². The Labute approximate surface area is 72.6 Å². The molecule has 0 saturated heterocycles. The Morgan fingerprint density at radius 1 is 1.67 bits per heavy atom. The summed E-state index contributed by atoms with van der Waals surface area (Å²) in [5.41, 5.74) is 7.20. The molecular formula is C9H15N3. The monoisotopic (exact) mass is 165 g/mol. The molecule has 0 spiro atoms. The van der Waals surface area contributed by atoms with Crippen molar-refractivity contribution in [3.05, 3.63) is 17.7 Å². The molecule has 0 bridgehead atoms. The summed E-state index contributed by atoms with van der Waals surface area (Å²) in [6, 6.07) is 0.141. The van der Waals surface area contributed by atoms with E-state index in [0.29, 0.717) is 5.92 Å². The molecule has 0 amide bonds. The number of aryl methyl sites for hydroxylation is 1. The Balaban J connectivity index is 2.43. The van der Waals surface area contributed by atoms with E-state index in [4.69, 9.17) is 5.73 Å². The Hall–Kier alpha value is -0.830. The van der Waals surface area contributed by atoms with Gasteiger partial charge in [-0.15, -0.1) is 0 Å². The number of nitrogens with zero attached hydrogens (tertiary/aromatic N) is 2. The third-order valence-electron chi connectivity index (χ3n) is 2.57. The van der Waals surface area contributed by atoms with Crippen LogP contribution in [0.4, 0.5) is 0 Å². The van der Waals surface area contributed by atoms with Crippen LogP contribution in [0.25, 0.3) is 0 Å². The van der Waals surface area contributed by atoms with E-state index in [-0.39, 0.29) is 6.04 Å². The van der Waals surface area contributed by atoms with E-state index in [1.807, 2.05) is 6.20 Å². The van der Waals surface area contributed by atoms with Gasteiger partial charge in [-0.2, -0.15) is 0 Å². The van der Waals surface area contributed by atoms with Crippen LogP contribution < -0.4 is 5.73 Å². The lowest BCUT2D eigenvalue weighted by Gasteiger charge is -2.26. The quantitative estimate of drug-likeness (QED) is 0.628. The lowest BCUT2D eigenvalue weighted by molar-refractivity contribution is 0.343. The zero-order chi connectivity index (χ0) is 8.72. The number of hydrogen-bond acceptors (Lipinski definition) is 2. The summed E-state index contributed by atoms with van der Waals surface area (Å²) in [4.78, 5) is 4.31. The van der Waals surface area contributed by atoms with Gasteiger partial charge in [0.15, 0.2) is 0 Å². The van der Waals surface area contributed by atoms with Crippen LogP contribution in [0.2, 0.25) is 0 Å². The predicted octanol–water partition coefficient (Wildman–Crippen LogP) is 1.23. The van der Waals surface area contributed by atoms with Gasteiger partial charge in [-0.25, -0.2) is 4.98 Å². The summed E-state index contributed by atoms with van der Waals surface area (Å²) < 4.78 is 2.23. The van der Waals surface area contributed by atoms with Crippen molar-refractivity contribution < 1.29 is 0 Å². The predicted molar refractivity (Wildman–Crippen MR) is 47.7 cm³/mol. The minimum atomic E-state index is 0.141. The average Bonchev–Trinajstić information content (AvgIpc) is 2.33. The van der Waals surface area contributed by atoms with E-state index in [2.05, 4.69) is 23.4 Å². The molecule has 2 rings (SSSR count). The van der Waals surface area contributed by atoms with Crippen molar-refractivity contribution in [1.82, 2.24) is 9.55 Å². The molecule has 0 radical (unpaired) electrons. The summed E-state index contributed by atoms with van der Waals surface area (Å²) >= 11 is 0. The smallest absolute Gasteiger partial charge is 0.125 e. The second kappa shape index (κ2) is 2.59. The molecule has 1 aromatic rings. The van der Waals surface area contributed by atoms with E-state index in [1.165, 1.54) is 5.69 Å². The Bertz CT molecular complexity index is 290. The highest BCUT2D eigenvalue weighted by Crippen LogP contribution is 2.26. The first-order valence-corrected chi connectivity index (χ1v) is 4.46. The average molecular weight is 165 g/mol. The highest BCUT2D eigenvalue weighted by Gasteiger charge is 2.23. The van der Waals surface area contributed by atoms with Gasteiger partial charge in [-0.3, -0.25) is 0 Å². The zero-order valence-electron chi connectivity index (χ0n) is 7.62. The van der Waals surface area contributed by atoms with Crippen LogP contribution in [0.5, 0.6) is 0 Å². The van der Waals surface area contributed by atoms with Gasteiger partial charge in [0.05, 0.1) is 6.04 Å². The van der Waals surface area contributed by atoms with E-state index >= 15 is 0 Å². The van der Waals surface area contributed by atoms with Gasteiger partial charge in [0.2, 0.25) is 0 Å². The summed E-state index contributed by atoms with van der Waals surface area (Å²) in [6.45, 7) is 5.40. The normalized spacial score (nSPS) is 28.6. The Morgan fingerprint density at radius 3 is 3.17 bits per heavy atom. The molecule has 2 atom stereocenters. The maximum Gasteiger partial charge on any atom is 0.125 e. The number of fused-ring (bicyclic) bond motifs is 1. The maximum atomic E-state index is 5.97. The molecule has 1 aromatic heterocycles. The van der Waals surface area contributed by atoms with Crippen molar-refractivity contribution in [1.29, 1.82) is 0 Å². The minimum absolute atomic E-state index is 0.141. The van der Waals surface area contributed by atoms with E-state index < -0.39 is 0 Å². The van der Waals surface area contributed by atoms with Crippen molar-refractivity contribution in [2.24, 2.45) is 11.7 Å². The molecule has 2 N–H and O–H groups in total. The molecule has 0 fully saturated rings. The van der Waals surface area contributed by atoms with Gasteiger partial charge in [-0.05, 0) is 19.3 Å². The molecule has 12 heavy (non-hydrogen) atoms. The van der Waals surface area contributed by atoms with Crippen LogP contribution in [0.15, 0.2) is 6.20 Å². The van der Waals surface area contributed by atoms with Crippen molar-refractivity contribution in [3.63, 3.8) is 0 Å². The third-order valence-corrected chi connectivity index (χ3v) is 2.57. The second-order valence-electron chi connectivity index (χ2n) is 3.82. The summed E-state index contributed by atoms with van der Waals surface area (Å²) in [5.74, 6) is 1.74. The van der Waals surface area contributed by atoms with Crippen LogP contribution in [-0.4, -0.2) is 9.55 Å². The molecule has 3 heteroatoms. The summed E-state index contributed by atoms with van der Waals surface area (Å²) in [6.07, 6.45) is 2.98. The summed E-state index contributed by atoms with van der Waals surface area (Å²) in [5, 5.41) is 0. The summed E-state index contributed by atoms with van der Waals surface area (Å²) in [7, 11) is 0. The van der Waals surface area contributed by atoms with Crippen LogP contribution in [0, 0.1) is 12.8 Å². The molecule has 0 saturated carbocycles. The minimum Gasteiger partial charge on any atom is -0.331 e. The van der Waals surface area contributed by atoms with Gasteiger partial charge in [0.25, 0.3) is 0 Å². The zero-order valence-corrected chi connectivity index (χ0v) is 7.62. The van der Waals surface area contributed by atoms with Crippen molar-refractivity contribution >= 4 is 0 Å². The number of aromatic nitrogens is 2. The molecule has 2 heterocycles. The fourth-order valence-corrected chi connectivity index (χ4v) is 1.94. The third kappa shape index (κ3) is 1.05. The Morgan fingerprint density at radius 2 is 2.42 bits per heavy atom. The molecule has 0 aromatic carbocycles. The lowest BCUT2D eigenvalue weighted by Crippen LogP contribution is -2.27. The molecule has 66 valence electrons. The maximum absolute atomic E-state index is 5.97. The molecule has 3 nitrogen and oxygen atoms in total.